The maximum Gasteiger partial charge on any atom is 0.226 e. The molecule has 0 aliphatic carbocycles. The Morgan fingerprint density at radius 2 is 2.38 bits per heavy atom. The first-order chi connectivity index (χ1) is 10.3. The van der Waals surface area contributed by atoms with Crippen molar-refractivity contribution in [2.45, 2.75) is 45.1 Å². The van der Waals surface area contributed by atoms with Crippen molar-refractivity contribution < 1.29 is 9.26 Å². The van der Waals surface area contributed by atoms with Crippen LogP contribution in [0.4, 0.5) is 0 Å². The van der Waals surface area contributed by atoms with Crippen molar-refractivity contribution in [3.63, 3.8) is 0 Å². The highest BCUT2D eigenvalue weighted by atomic mass is 16.5. The summed E-state index contributed by atoms with van der Waals surface area (Å²) < 4.78 is 13.1. The van der Waals surface area contributed by atoms with E-state index in [4.69, 9.17) is 9.26 Å². The molecule has 2 atom stereocenters. The lowest BCUT2D eigenvalue weighted by Gasteiger charge is -2.40. The van der Waals surface area contributed by atoms with E-state index < -0.39 is 0 Å². The van der Waals surface area contributed by atoms with Crippen LogP contribution in [-0.4, -0.2) is 49.2 Å². The number of nitrogens with zero attached hydrogens (tertiary/aromatic N) is 6. The van der Waals surface area contributed by atoms with E-state index in [9.17, 15) is 0 Å². The Hall–Kier alpha value is -1.80. The highest BCUT2D eigenvalue weighted by Crippen LogP contribution is 2.30. The zero-order valence-corrected chi connectivity index (χ0v) is 12.0. The quantitative estimate of drug-likeness (QED) is 0.817. The SMILES string of the molecule is CCc1nc(CN2CC[C@H]3OCc4cnnn4[C@@H]3C2)no1. The minimum atomic E-state index is 0.225. The number of rotatable bonds is 3. The minimum absolute atomic E-state index is 0.225. The fourth-order valence-electron chi connectivity index (χ4n) is 3.09. The molecule has 0 radical (unpaired) electrons. The second-order valence-corrected chi connectivity index (χ2v) is 5.57. The van der Waals surface area contributed by atoms with E-state index in [-0.39, 0.29) is 12.1 Å². The summed E-state index contributed by atoms with van der Waals surface area (Å²) in [5, 5.41) is 12.2. The summed E-state index contributed by atoms with van der Waals surface area (Å²) in [7, 11) is 0. The molecule has 0 aromatic carbocycles. The molecule has 112 valence electrons. The van der Waals surface area contributed by atoms with Crippen molar-refractivity contribution in [1.82, 2.24) is 30.0 Å². The maximum atomic E-state index is 5.91. The van der Waals surface area contributed by atoms with Gasteiger partial charge in [0.1, 0.15) is 0 Å². The van der Waals surface area contributed by atoms with Gasteiger partial charge in [0.05, 0.1) is 37.2 Å². The second-order valence-electron chi connectivity index (χ2n) is 5.57. The van der Waals surface area contributed by atoms with Crippen LogP contribution in [0.15, 0.2) is 10.7 Å². The molecule has 21 heavy (non-hydrogen) atoms. The Bertz CT molecular complexity index is 624. The summed E-state index contributed by atoms with van der Waals surface area (Å²) in [4.78, 5) is 6.70. The van der Waals surface area contributed by atoms with E-state index in [0.29, 0.717) is 19.0 Å². The molecule has 2 aliphatic rings. The van der Waals surface area contributed by atoms with Gasteiger partial charge in [-0.1, -0.05) is 17.3 Å². The van der Waals surface area contributed by atoms with Crippen molar-refractivity contribution in [2.24, 2.45) is 0 Å². The van der Waals surface area contributed by atoms with Gasteiger partial charge >= 0.3 is 0 Å². The van der Waals surface area contributed by atoms with Crippen LogP contribution >= 0.6 is 0 Å². The monoisotopic (exact) mass is 290 g/mol. The van der Waals surface area contributed by atoms with Crippen molar-refractivity contribution in [1.29, 1.82) is 0 Å². The summed E-state index contributed by atoms with van der Waals surface area (Å²) in [6.45, 7) is 5.17. The van der Waals surface area contributed by atoms with Gasteiger partial charge in [-0.2, -0.15) is 4.98 Å². The predicted molar refractivity (Wildman–Crippen MR) is 71.2 cm³/mol. The van der Waals surface area contributed by atoms with Gasteiger partial charge in [0.25, 0.3) is 0 Å². The third kappa shape index (κ3) is 2.34. The number of piperidine rings is 1. The molecule has 0 saturated carbocycles. The highest BCUT2D eigenvalue weighted by Gasteiger charge is 2.36. The van der Waals surface area contributed by atoms with Crippen LogP contribution in [0.25, 0.3) is 0 Å². The Morgan fingerprint density at radius 3 is 3.24 bits per heavy atom. The third-order valence-electron chi connectivity index (χ3n) is 4.19. The molecule has 0 bridgehead atoms. The van der Waals surface area contributed by atoms with Gasteiger partial charge in [-0.3, -0.25) is 4.90 Å². The Morgan fingerprint density at radius 1 is 1.43 bits per heavy atom. The summed E-state index contributed by atoms with van der Waals surface area (Å²) in [6, 6.07) is 0.225. The number of ether oxygens (including phenoxy) is 1. The van der Waals surface area contributed by atoms with Gasteiger partial charge in [-0.05, 0) is 6.42 Å². The van der Waals surface area contributed by atoms with Crippen LogP contribution in [0.3, 0.4) is 0 Å². The molecule has 1 fully saturated rings. The first-order valence-electron chi connectivity index (χ1n) is 7.38. The van der Waals surface area contributed by atoms with Gasteiger partial charge in [-0.25, -0.2) is 4.68 Å². The van der Waals surface area contributed by atoms with Gasteiger partial charge < -0.3 is 9.26 Å². The molecule has 0 spiro atoms. The van der Waals surface area contributed by atoms with Crippen molar-refractivity contribution >= 4 is 0 Å². The van der Waals surface area contributed by atoms with Crippen LogP contribution in [0, 0.1) is 0 Å². The molecular weight excluding hydrogens is 272 g/mol. The molecule has 2 aromatic heterocycles. The lowest BCUT2D eigenvalue weighted by molar-refractivity contribution is -0.0673. The fraction of sp³-hybridized carbons (Fsp3) is 0.692. The van der Waals surface area contributed by atoms with E-state index in [1.54, 1.807) is 6.20 Å². The largest absolute Gasteiger partial charge is 0.370 e. The van der Waals surface area contributed by atoms with Gasteiger partial charge in [0, 0.05) is 19.5 Å². The number of aryl methyl sites for hydroxylation is 1. The van der Waals surface area contributed by atoms with Crippen molar-refractivity contribution in [3.05, 3.63) is 23.6 Å². The normalized spacial score (nSPS) is 25.6. The number of hydrogen-bond donors (Lipinski definition) is 0. The number of likely N-dealkylation sites (tertiary alicyclic amines) is 1. The van der Waals surface area contributed by atoms with Gasteiger partial charge in [-0.15, -0.1) is 5.10 Å². The standard InChI is InChI=1S/C13H18N6O2/c1-2-13-15-12(16-21-13)7-18-4-3-11-10(6-18)19-9(8-20-11)5-14-17-19/h5,10-11H,2-4,6-8H2,1H3/t10-,11-/m1/s1. The fourth-order valence-corrected chi connectivity index (χ4v) is 3.09. The predicted octanol–water partition coefficient (Wildman–Crippen LogP) is 0.569. The number of hydrogen-bond acceptors (Lipinski definition) is 7. The molecule has 2 aromatic rings. The molecule has 8 heteroatoms. The average Bonchev–Trinajstić information content (AvgIpc) is 3.15. The Labute approximate surface area is 122 Å². The second kappa shape index (κ2) is 5.19. The third-order valence-corrected chi connectivity index (χ3v) is 4.19. The van der Waals surface area contributed by atoms with Crippen LogP contribution < -0.4 is 0 Å². The van der Waals surface area contributed by atoms with Crippen LogP contribution in [-0.2, 0) is 24.3 Å². The molecule has 0 N–H and O–H groups in total. The zero-order valence-electron chi connectivity index (χ0n) is 12.0. The first kappa shape index (κ1) is 12.9. The lowest BCUT2D eigenvalue weighted by Crippen LogP contribution is -2.47. The summed E-state index contributed by atoms with van der Waals surface area (Å²) in [5.41, 5.74) is 1.05. The Balaban J connectivity index is 1.48. The number of aromatic nitrogens is 5. The highest BCUT2D eigenvalue weighted by molar-refractivity contribution is 5.01. The average molecular weight is 290 g/mol. The van der Waals surface area contributed by atoms with E-state index >= 15 is 0 Å². The van der Waals surface area contributed by atoms with E-state index in [1.807, 2.05) is 11.6 Å². The van der Waals surface area contributed by atoms with Gasteiger partial charge in [0.2, 0.25) is 5.89 Å². The van der Waals surface area contributed by atoms with Gasteiger partial charge in [0.15, 0.2) is 5.82 Å². The summed E-state index contributed by atoms with van der Waals surface area (Å²) in [6.07, 6.45) is 3.77. The van der Waals surface area contributed by atoms with Crippen molar-refractivity contribution in [3.8, 4) is 0 Å². The van der Waals surface area contributed by atoms with E-state index in [1.165, 1.54) is 0 Å². The molecule has 8 nitrogen and oxygen atoms in total. The maximum absolute atomic E-state index is 5.91. The number of fused-ring (bicyclic) bond motifs is 3. The lowest BCUT2D eigenvalue weighted by atomic mass is 10.0. The molecule has 1 saturated heterocycles. The molecular formula is C13H18N6O2. The summed E-state index contributed by atoms with van der Waals surface area (Å²) in [5.74, 6) is 1.44. The van der Waals surface area contributed by atoms with E-state index in [2.05, 4.69) is 25.4 Å². The van der Waals surface area contributed by atoms with Crippen LogP contribution in [0.5, 0.6) is 0 Å². The zero-order chi connectivity index (χ0) is 14.2. The minimum Gasteiger partial charge on any atom is -0.370 e. The molecule has 4 heterocycles. The van der Waals surface area contributed by atoms with Crippen LogP contribution in [0.2, 0.25) is 0 Å². The Kier molecular flexibility index (Phi) is 3.19. The molecule has 0 unspecified atom stereocenters. The molecule has 4 rings (SSSR count). The van der Waals surface area contributed by atoms with Crippen LogP contribution in [0.1, 0.15) is 36.8 Å². The molecule has 0 amide bonds. The molecule has 2 aliphatic heterocycles. The first-order valence-corrected chi connectivity index (χ1v) is 7.38. The smallest absolute Gasteiger partial charge is 0.226 e. The topological polar surface area (TPSA) is 82.1 Å². The van der Waals surface area contributed by atoms with E-state index in [0.717, 1.165) is 37.4 Å². The van der Waals surface area contributed by atoms with Crippen molar-refractivity contribution in [2.75, 3.05) is 13.1 Å². The summed E-state index contributed by atoms with van der Waals surface area (Å²) >= 11 is 0.